The minimum Gasteiger partial charge on any atom is -0.306 e. The third-order valence-electron chi connectivity index (χ3n) is 4.08. The Morgan fingerprint density at radius 2 is 1.93 bits per heavy atom. The molecule has 0 fully saturated rings. The van der Waals surface area contributed by atoms with E-state index in [0.717, 1.165) is 0 Å². The molecular weight excluding hydrogens is 409 g/mol. The van der Waals surface area contributed by atoms with Gasteiger partial charge in [-0.25, -0.2) is 27.6 Å². The zero-order valence-electron chi connectivity index (χ0n) is 15.8. The number of alkyl halides is 3. The van der Waals surface area contributed by atoms with Crippen LogP contribution in [0.2, 0.25) is 5.15 Å². The van der Waals surface area contributed by atoms with Crippen molar-refractivity contribution in [1.29, 1.82) is 0 Å². The molecule has 154 valence electrons. The number of fused-ring (bicyclic) bond motifs is 1. The molecule has 3 aromatic heterocycles. The maximum Gasteiger partial charge on any atom is 0.324 e. The molecular formula is C18H18ClF3N6O. The van der Waals surface area contributed by atoms with Crippen molar-refractivity contribution in [2.75, 3.05) is 10.6 Å². The number of pyridine rings is 2. The van der Waals surface area contributed by atoms with Crippen LogP contribution >= 0.6 is 11.6 Å². The van der Waals surface area contributed by atoms with E-state index in [4.69, 9.17) is 11.6 Å². The summed E-state index contributed by atoms with van der Waals surface area (Å²) in [5.41, 5.74) is 2.49. The van der Waals surface area contributed by atoms with Gasteiger partial charge in [0.05, 0.1) is 28.6 Å². The van der Waals surface area contributed by atoms with Crippen LogP contribution in [0.1, 0.15) is 37.3 Å². The van der Waals surface area contributed by atoms with Crippen LogP contribution < -0.4 is 10.6 Å². The maximum absolute atomic E-state index is 13.7. The summed E-state index contributed by atoms with van der Waals surface area (Å²) in [5.74, 6) is -0.239. The minimum absolute atomic E-state index is 0.0383. The highest BCUT2D eigenvalue weighted by Crippen LogP contribution is 2.31. The third kappa shape index (κ3) is 4.42. The Kier molecular flexibility index (Phi) is 5.92. The van der Waals surface area contributed by atoms with E-state index in [1.165, 1.54) is 19.2 Å². The van der Waals surface area contributed by atoms with Crippen LogP contribution in [0, 0.1) is 6.92 Å². The zero-order chi connectivity index (χ0) is 21.3. The third-order valence-corrected chi connectivity index (χ3v) is 4.30. The second kappa shape index (κ2) is 8.24. The number of aromatic nitrogens is 4. The van der Waals surface area contributed by atoms with Crippen molar-refractivity contribution >= 4 is 40.2 Å². The molecule has 7 nitrogen and oxygen atoms in total. The van der Waals surface area contributed by atoms with Gasteiger partial charge >= 0.3 is 6.03 Å². The number of anilines is 2. The van der Waals surface area contributed by atoms with Gasteiger partial charge in [0.2, 0.25) is 0 Å². The average molecular weight is 427 g/mol. The van der Waals surface area contributed by atoms with Gasteiger partial charge in [-0.2, -0.15) is 5.10 Å². The first kappa shape index (κ1) is 20.8. The van der Waals surface area contributed by atoms with Crippen LogP contribution in [0.25, 0.3) is 11.0 Å². The van der Waals surface area contributed by atoms with Gasteiger partial charge in [-0.3, -0.25) is 10.3 Å². The van der Waals surface area contributed by atoms with Gasteiger partial charge in [0.15, 0.2) is 0 Å². The quantitative estimate of drug-likeness (QED) is 0.543. The van der Waals surface area contributed by atoms with Crippen molar-refractivity contribution in [1.82, 2.24) is 19.7 Å². The average Bonchev–Trinajstić information content (AvgIpc) is 3.00. The molecule has 0 bridgehead atoms. The summed E-state index contributed by atoms with van der Waals surface area (Å²) in [5, 5.41) is 8.91. The lowest BCUT2D eigenvalue weighted by Crippen LogP contribution is -2.24. The molecule has 3 aromatic rings. The van der Waals surface area contributed by atoms with Crippen LogP contribution in [0.4, 0.5) is 29.5 Å². The number of carbonyl (C=O) groups excluding carboxylic acids is 1. The summed E-state index contributed by atoms with van der Waals surface area (Å²) < 4.78 is 39.6. The SMILES string of the molecule is Cc1cc(NC(=O)Nc2cnc3ccc(Cl)nc3c2C(C)C)n(C(F)C(F)F)n1. The summed E-state index contributed by atoms with van der Waals surface area (Å²) in [7, 11) is 0. The second-order valence-corrected chi connectivity index (χ2v) is 7.03. The van der Waals surface area contributed by atoms with E-state index in [1.54, 1.807) is 12.1 Å². The van der Waals surface area contributed by atoms with Crippen molar-refractivity contribution < 1.29 is 18.0 Å². The van der Waals surface area contributed by atoms with Gasteiger partial charge in [0, 0.05) is 11.6 Å². The highest BCUT2D eigenvalue weighted by atomic mass is 35.5. The van der Waals surface area contributed by atoms with Gasteiger partial charge in [0.25, 0.3) is 12.7 Å². The molecule has 29 heavy (non-hydrogen) atoms. The first-order valence-electron chi connectivity index (χ1n) is 8.69. The molecule has 2 amide bonds. The molecule has 11 heteroatoms. The first-order valence-corrected chi connectivity index (χ1v) is 9.06. The number of halogens is 4. The van der Waals surface area contributed by atoms with Gasteiger partial charge in [-0.15, -0.1) is 0 Å². The van der Waals surface area contributed by atoms with Crippen molar-refractivity contribution in [3.8, 4) is 0 Å². The van der Waals surface area contributed by atoms with Gasteiger partial charge in [-0.05, 0) is 25.0 Å². The molecule has 0 radical (unpaired) electrons. The predicted molar refractivity (Wildman–Crippen MR) is 104 cm³/mol. The van der Waals surface area contributed by atoms with E-state index in [1.807, 2.05) is 13.8 Å². The van der Waals surface area contributed by atoms with Crippen molar-refractivity contribution in [3.05, 3.63) is 40.8 Å². The Morgan fingerprint density at radius 3 is 2.59 bits per heavy atom. The van der Waals surface area contributed by atoms with Crippen LogP contribution in [0.3, 0.4) is 0 Å². The van der Waals surface area contributed by atoms with Gasteiger partial charge in [-0.1, -0.05) is 25.4 Å². The highest BCUT2D eigenvalue weighted by molar-refractivity contribution is 6.29. The lowest BCUT2D eigenvalue weighted by atomic mass is 10.0. The second-order valence-electron chi connectivity index (χ2n) is 6.64. The van der Waals surface area contributed by atoms with Crippen LogP contribution in [-0.2, 0) is 0 Å². The maximum atomic E-state index is 13.7. The highest BCUT2D eigenvalue weighted by Gasteiger charge is 2.26. The van der Waals surface area contributed by atoms with Gasteiger partial charge in [0.1, 0.15) is 11.0 Å². The topological polar surface area (TPSA) is 84.7 Å². The number of hydrogen-bond donors (Lipinski definition) is 2. The number of aryl methyl sites for hydroxylation is 1. The van der Waals surface area contributed by atoms with Crippen LogP contribution in [0.5, 0.6) is 0 Å². The number of carbonyl (C=O) groups is 1. The lowest BCUT2D eigenvalue weighted by molar-refractivity contribution is 0.00194. The number of urea groups is 1. The smallest absolute Gasteiger partial charge is 0.306 e. The molecule has 1 unspecified atom stereocenters. The largest absolute Gasteiger partial charge is 0.324 e. The Hall–Kier alpha value is -2.88. The molecule has 3 heterocycles. The fraction of sp³-hybridized carbons (Fsp3) is 0.333. The Morgan fingerprint density at radius 1 is 1.21 bits per heavy atom. The Balaban J connectivity index is 1.90. The predicted octanol–water partition coefficient (Wildman–Crippen LogP) is 5.29. The number of amides is 2. The van der Waals surface area contributed by atoms with Crippen molar-refractivity contribution in [3.63, 3.8) is 0 Å². The molecule has 1 atom stereocenters. The Bertz CT molecular complexity index is 1060. The number of hydrogen-bond acceptors (Lipinski definition) is 4. The van der Waals surface area contributed by atoms with E-state index in [9.17, 15) is 18.0 Å². The standard InChI is InChI=1S/C18H18ClF3N6O/c1-8(2)14-11(7-23-10-4-5-12(19)25-15(10)14)24-18(29)26-13-6-9(3)27-28(13)17(22)16(20)21/h4-8,16-17H,1-3H3,(H2,24,26,29). The van der Waals surface area contributed by atoms with Crippen LogP contribution in [0.15, 0.2) is 24.4 Å². The molecule has 0 aliphatic carbocycles. The Labute approximate surface area is 169 Å². The summed E-state index contributed by atoms with van der Waals surface area (Å²) in [4.78, 5) is 21.0. The lowest BCUT2D eigenvalue weighted by Gasteiger charge is -2.17. The molecule has 0 aliphatic heterocycles. The molecule has 2 N–H and O–H groups in total. The normalized spacial score (nSPS) is 12.6. The first-order chi connectivity index (χ1) is 13.7. The number of nitrogens with zero attached hydrogens (tertiary/aromatic N) is 4. The molecule has 0 aromatic carbocycles. The zero-order valence-corrected chi connectivity index (χ0v) is 16.5. The summed E-state index contributed by atoms with van der Waals surface area (Å²) in [6.45, 7) is 5.32. The van der Waals surface area contributed by atoms with Crippen LogP contribution in [-0.4, -0.2) is 32.2 Å². The molecule has 0 spiro atoms. The monoisotopic (exact) mass is 426 g/mol. The summed E-state index contributed by atoms with van der Waals surface area (Å²) in [6.07, 6.45) is -4.50. The minimum atomic E-state index is -3.29. The fourth-order valence-electron chi connectivity index (χ4n) is 2.92. The molecule has 3 rings (SSSR count). The number of rotatable bonds is 5. The molecule has 0 saturated carbocycles. The van der Waals surface area contributed by atoms with Gasteiger partial charge < -0.3 is 5.32 Å². The molecule has 0 saturated heterocycles. The van der Waals surface area contributed by atoms with E-state index in [-0.39, 0.29) is 22.6 Å². The fourth-order valence-corrected chi connectivity index (χ4v) is 3.07. The van der Waals surface area contributed by atoms with E-state index in [0.29, 0.717) is 27.0 Å². The van der Waals surface area contributed by atoms with Crippen molar-refractivity contribution in [2.24, 2.45) is 0 Å². The summed E-state index contributed by atoms with van der Waals surface area (Å²) >= 11 is 5.99. The van der Waals surface area contributed by atoms with Crippen molar-refractivity contribution in [2.45, 2.75) is 39.4 Å². The van der Waals surface area contributed by atoms with E-state index < -0.39 is 18.8 Å². The summed E-state index contributed by atoms with van der Waals surface area (Å²) in [6, 6.07) is 3.85. The molecule has 0 aliphatic rings. The van der Waals surface area contributed by atoms with E-state index in [2.05, 4.69) is 25.7 Å². The number of nitrogens with one attached hydrogen (secondary N) is 2. The van der Waals surface area contributed by atoms with E-state index >= 15 is 0 Å².